The van der Waals surface area contributed by atoms with Crippen LogP contribution in [-0.2, 0) is 18.2 Å². The van der Waals surface area contributed by atoms with Crippen molar-refractivity contribution < 1.29 is 18.3 Å². The van der Waals surface area contributed by atoms with Crippen molar-refractivity contribution in [3.63, 3.8) is 0 Å². The third kappa shape index (κ3) is 5.64. The van der Waals surface area contributed by atoms with Crippen molar-refractivity contribution in [1.29, 1.82) is 0 Å². The molecule has 0 aromatic heterocycles. The lowest BCUT2D eigenvalue weighted by Crippen LogP contribution is -2.43. The van der Waals surface area contributed by atoms with Crippen LogP contribution < -0.4 is 0 Å². The van der Waals surface area contributed by atoms with E-state index in [0.717, 1.165) is 25.1 Å². The molecule has 1 saturated heterocycles. The topological polar surface area (TPSA) is 23.5 Å². The number of benzene rings is 2. The van der Waals surface area contributed by atoms with Gasteiger partial charge in [-0.05, 0) is 59.9 Å². The van der Waals surface area contributed by atoms with Crippen molar-refractivity contribution >= 4 is 0 Å². The highest BCUT2D eigenvalue weighted by Crippen LogP contribution is 2.37. The minimum atomic E-state index is -4.40. The molecule has 2 aromatic carbocycles. The smallest absolute Gasteiger partial charge is 0.385 e. The molecule has 1 fully saturated rings. The highest BCUT2D eigenvalue weighted by Gasteiger charge is 2.37. The molecule has 0 saturated carbocycles. The first-order valence-electron chi connectivity index (χ1n) is 10.8. The van der Waals surface area contributed by atoms with Crippen LogP contribution in [0.15, 0.2) is 48.5 Å². The molecule has 30 heavy (non-hydrogen) atoms. The minimum Gasteiger partial charge on any atom is -0.385 e. The molecule has 1 heterocycles. The fourth-order valence-electron chi connectivity index (χ4n) is 4.33. The molecule has 1 aliphatic rings. The molecule has 2 aromatic rings. The van der Waals surface area contributed by atoms with Crippen LogP contribution >= 0.6 is 0 Å². The number of likely N-dealkylation sites (tertiary alicyclic amines) is 1. The molecule has 1 N–H and O–H groups in total. The summed E-state index contributed by atoms with van der Waals surface area (Å²) in [5.41, 5.74) is 1.11. The first-order valence-corrected chi connectivity index (χ1v) is 10.8. The van der Waals surface area contributed by atoms with E-state index in [1.807, 2.05) is 0 Å². The number of hydrogen-bond acceptors (Lipinski definition) is 2. The van der Waals surface area contributed by atoms with Crippen molar-refractivity contribution in [2.45, 2.75) is 57.7 Å². The van der Waals surface area contributed by atoms with Crippen molar-refractivity contribution in [3.8, 4) is 0 Å². The van der Waals surface area contributed by atoms with Gasteiger partial charge in [0.25, 0.3) is 0 Å². The fraction of sp³-hybridized carbons (Fsp3) is 0.520. The highest BCUT2D eigenvalue weighted by atomic mass is 19.4. The fourth-order valence-corrected chi connectivity index (χ4v) is 4.33. The van der Waals surface area contributed by atoms with Gasteiger partial charge < -0.3 is 10.0 Å². The van der Waals surface area contributed by atoms with Gasteiger partial charge in [-0.1, -0.05) is 57.2 Å². The van der Waals surface area contributed by atoms with Crippen molar-refractivity contribution in [3.05, 3.63) is 70.8 Å². The Balaban J connectivity index is 1.59. The zero-order chi connectivity index (χ0) is 21.9. The summed E-state index contributed by atoms with van der Waals surface area (Å²) in [6, 6.07) is 13.9. The largest absolute Gasteiger partial charge is 0.416 e. The number of halogens is 3. The van der Waals surface area contributed by atoms with Crippen LogP contribution in [0.25, 0.3) is 0 Å². The van der Waals surface area contributed by atoms with Crippen LogP contribution in [0.1, 0.15) is 61.8 Å². The van der Waals surface area contributed by atoms with Crippen LogP contribution in [-0.4, -0.2) is 29.6 Å². The maximum Gasteiger partial charge on any atom is 0.416 e. The Bertz CT molecular complexity index is 821. The lowest BCUT2D eigenvalue weighted by Gasteiger charge is -2.39. The monoisotopic (exact) mass is 419 g/mol. The van der Waals surface area contributed by atoms with Gasteiger partial charge in [0.05, 0.1) is 11.2 Å². The summed E-state index contributed by atoms with van der Waals surface area (Å²) < 4.78 is 39.1. The van der Waals surface area contributed by atoms with Gasteiger partial charge in [0.2, 0.25) is 0 Å². The molecule has 0 bridgehead atoms. The molecular formula is C25H32F3NO. The SMILES string of the molecule is CC(C)Cc1ccc([C@@H](C)CN2CCC(O)(c3cccc(C(F)(F)F)c3)CC2)cc1. The summed E-state index contributed by atoms with van der Waals surface area (Å²) >= 11 is 0. The van der Waals surface area contributed by atoms with E-state index in [0.29, 0.717) is 43.3 Å². The first kappa shape index (κ1) is 22.8. The second-order valence-corrected chi connectivity index (χ2v) is 9.15. The van der Waals surface area contributed by atoms with Gasteiger partial charge in [0.15, 0.2) is 0 Å². The summed E-state index contributed by atoms with van der Waals surface area (Å²) in [7, 11) is 0. The Morgan fingerprint density at radius 1 is 1.00 bits per heavy atom. The average molecular weight is 420 g/mol. The standard InChI is InChI=1S/C25H32F3NO/c1-18(2)15-20-7-9-21(10-8-20)19(3)17-29-13-11-24(30,12-14-29)22-5-4-6-23(16-22)25(26,27)28/h4-10,16,18-19,30H,11-15,17H2,1-3H3/t19-/m0/s1. The molecule has 2 nitrogen and oxygen atoms in total. The summed E-state index contributed by atoms with van der Waals surface area (Å²) in [6.45, 7) is 8.85. The van der Waals surface area contributed by atoms with E-state index < -0.39 is 17.3 Å². The van der Waals surface area contributed by atoms with Crippen LogP contribution in [0.3, 0.4) is 0 Å². The third-order valence-corrected chi connectivity index (χ3v) is 6.14. The lowest BCUT2D eigenvalue weighted by atomic mass is 9.83. The quantitative estimate of drug-likeness (QED) is 0.622. The zero-order valence-electron chi connectivity index (χ0n) is 18.0. The number of rotatable bonds is 6. The number of piperidine rings is 1. The van der Waals surface area contributed by atoms with Gasteiger partial charge in [0.1, 0.15) is 0 Å². The Morgan fingerprint density at radius 2 is 1.63 bits per heavy atom. The van der Waals surface area contributed by atoms with E-state index in [4.69, 9.17) is 0 Å². The summed E-state index contributed by atoms with van der Waals surface area (Å²) in [6.07, 6.45) is -2.44. The van der Waals surface area contributed by atoms with Gasteiger partial charge in [-0.2, -0.15) is 13.2 Å². The normalized spacial score (nSPS) is 18.5. The van der Waals surface area contributed by atoms with Gasteiger partial charge in [-0.3, -0.25) is 0 Å². The number of nitrogens with zero attached hydrogens (tertiary/aromatic N) is 1. The van der Waals surface area contributed by atoms with E-state index in [9.17, 15) is 18.3 Å². The van der Waals surface area contributed by atoms with E-state index in [1.54, 1.807) is 6.07 Å². The van der Waals surface area contributed by atoms with E-state index in [-0.39, 0.29) is 0 Å². The highest BCUT2D eigenvalue weighted by molar-refractivity contribution is 5.30. The molecule has 5 heteroatoms. The lowest BCUT2D eigenvalue weighted by molar-refractivity contribution is -0.137. The van der Waals surface area contributed by atoms with Crippen LogP contribution in [0.5, 0.6) is 0 Å². The Kier molecular flexibility index (Phi) is 6.93. The molecule has 1 aliphatic heterocycles. The van der Waals surface area contributed by atoms with Crippen LogP contribution in [0, 0.1) is 5.92 Å². The summed E-state index contributed by atoms with van der Waals surface area (Å²) in [4.78, 5) is 2.30. The molecule has 0 aliphatic carbocycles. The molecule has 0 unspecified atom stereocenters. The van der Waals surface area contributed by atoms with E-state index >= 15 is 0 Å². The maximum atomic E-state index is 13.0. The van der Waals surface area contributed by atoms with Gasteiger partial charge in [-0.15, -0.1) is 0 Å². The van der Waals surface area contributed by atoms with E-state index in [2.05, 4.69) is 49.9 Å². The number of hydrogen-bond donors (Lipinski definition) is 1. The van der Waals surface area contributed by atoms with Gasteiger partial charge in [0, 0.05) is 19.6 Å². The molecule has 0 spiro atoms. The second kappa shape index (κ2) is 9.11. The third-order valence-electron chi connectivity index (χ3n) is 6.14. The molecule has 3 rings (SSSR count). The number of aliphatic hydroxyl groups is 1. The average Bonchev–Trinajstić information content (AvgIpc) is 2.69. The van der Waals surface area contributed by atoms with Crippen molar-refractivity contribution in [2.24, 2.45) is 5.92 Å². The predicted molar refractivity (Wildman–Crippen MR) is 114 cm³/mol. The molecule has 1 atom stereocenters. The Hall–Kier alpha value is -1.85. The van der Waals surface area contributed by atoms with Crippen LogP contribution in [0.4, 0.5) is 13.2 Å². The zero-order valence-corrected chi connectivity index (χ0v) is 18.0. The molecule has 164 valence electrons. The Labute approximate surface area is 177 Å². The predicted octanol–water partition coefficient (Wildman–Crippen LogP) is 5.99. The van der Waals surface area contributed by atoms with Crippen molar-refractivity contribution in [2.75, 3.05) is 19.6 Å². The molecule has 0 amide bonds. The molecule has 0 radical (unpaired) electrons. The molecular weight excluding hydrogens is 387 g/mol. The van der Waals surface area contributed by atoms with Crippen molar-refractivity contribution in [1.82, 2.24) is 4.90 Å². The maximum absolute atomic E-state index is 13.0. The van der Waals surface area contributed by atoms with Gasteiger partial charge >= 0.3 is 6.18 Å². The summed E-state index contributed by atoms with van der Waals surface area (Å²) in [5, 5.41) is 11.0. The first-order chi connectivity index (χ1) is 14.1. The second-order valence-electron chi connectivity index (χ2n) is 9.15. The van der Waals surface area contributed by atoms with Crippen LogP contribution in [0.2, 0.25) is 0 Å². The Morgan fingerprint density at radius 3 is 2.20 bits per heavy atom. The summed E-state index contributed by atoms with van der Waals surface area (Å²) in [5.74, 6) is 0.995. The number of alkyl halides is 3. The van der Waals surface area contributed by atoms with Gasteiger partial charge in [-0.25, -0.2) is 0 Å². The minimum absolute atomic E-state index is 0.359. The van der Waals surface area contributed by atoms with E-state index in [1.165, 1.54) is 17.2 Å².